The molecule has 0 radical (unpaired) electrons. The minimum absolute atomic E-state index is 0.579. The summed E-state index contributed by atoms with van der Waals surface area (Å²) in [6, 6.07) is 166. The minimum Gasteiger partial charge on any atom is -0.452 e. The summed E-state index contributed by atoms with van der Waals surface area (Å²) >= 11 is 0. The van der Waals surface area contributed by atoms with Crippen LogP contribution in [0.3, 0.4) is 0 Å². The number of fused-ring (bicyclic) bond motifs is 22. The average Bonchev–Trinajstić information content (AvgIpc) is 1.54. The lowest BCUT2D eigenvalue weighted by molar-refractivity contribution is 0.673. The highest BCUT2D eigenvalue weighted by atomic mass is 16.3. The van der Waals surface area contributed by atoms with Gasteiger partial charge in [0.2, 0.25) is 0 Å². The van der Waals surface area contributed by atoms with Gasteiger partial charge in [-0.15, -0.1) is 0 Å². The first-order valence-electron chi connectivity index (χ1n) is 46.5. The predicted molar refractivity (Wildman–Crippen MR) is 566 cm³/mol. The normalized spacial score (nSPS) is 11.8. The third-order valence-electron chi connectivity index (χ3n) is 27.1. The average molecular weight is 1760 g/mol. The summed E-state index contributed by atoms with van der Waals surface area (Å²) in [5, 5.41) is 13.5. The van der Waals surface area contributed by atoms with Gasteiger partial charge in [0.05, 0.1) is 44.1 Å². The fourth-order valence-corrected chi connectivity index (χ4v) is 20.8. The lowest BCUT2D eigenvalue weighted by Crippen LogP contribution is -2.02. The van der Waals surface area contributed by atoms with E-state index >= 15 is 0 Å². The van der Waals surface area contributed by atoms with Gasteiger partial charge in [0.15, 0.2) is 57.3 Å². The molecule has 0 N–H and O–H groups in total. The Morgan fingerprint density at radius 1 is 0.138 bits per heavy atom. The number of nitrogens with zero attached hydrogens (tertiary/aromatic N) is 10. The zero-order valence-corrected chi connectivity index (χ0v) is 74.3. The van der Waals surface area contributed by atoms with Crippen LogP contribution in [0.2, 0.25) is 0 Å². The highest BCUT2D eigenvalue weighted by Crippen LogP contribution is 2.49. The first kappa shape index (κ1) is 79.0. The van der Waals surface area contributed by atoms with Crippen LogP contribution >= 0.6 is 0 Å². The lowest BCUT2D eigenvalue weighted by atomic mass is 9.99. The molecule has 8 aromatic heterocycles. The second-order valence-electron chi connectivity index (χ2n) is 35.1. The van der Waals surface area contributed by atoms with Gasteiger partial charge in [-0.1, -0.05) is 358 Å². The second kappa shape index (κ2) is 32.6. The molecule has 0 bridgehead atoms. The van der Waals surface area contributed by atoms with Crippen molar-refractivity contribution in [1.29, 1.82) is 0 Å². The van der Waals surface area contributed by atoms with Crippen molar-refractivity contribution >= 4 is 131 Å². The van der Waals surface area contributed by atoms with Crippen molar-refractivity contribution < 1.29 is 8.83 Å². The fourth-order valence-electron chi connectivity index (χ4n) is 20.8. The van der Waals surface area contributed by atoms with Crippen LogP contribution in [-0.4, -0.2) is 48.2 Å². The Hall–Kier alpha value is -18.8. The van der Waals surface area contributed by atoms with E-state index in [9.17, 15) is 0 Å². The lowest BCUT2D eigenvalue weighted by Gasteiger charge is -2.13. The van der Waals surface area contributed by atoms with E-state index < -0.39 is 0 Å². The largest absolute Gasteiger partial charge is 0.452 e. The van der Waals surface area contributed by atoms with Crippen LogP contribution in [0.4, 0.5) is 0 Å². The highest BCUT2D eigenvalue weighted by Gasteiger charge is 2.28. The number of furan rings is 2. The molecule has 0 amide bonds. The predicted octanol–water partition coefficient (Wildman–Crippen LogP) is 32.6. The Kier molecular flexibility index (Phi) is 18.7. The molecule has 0 saturated carbocycles. The number of aromatic nitrogens is 10. The summed E-state index contributed by atoms with van der Waals surface area (Å²) in [7, 11) is 0. The van der Waals surface area contributed by atoms with E-state index in [1.165, 1.54) is 10.8 Å². The molecular weight excluding hydrogens is 1690 g/mol. The van der Waals surface area contributed by atoms with Gasteiger partial charge in [-0.25, -0.2) is 29.9 Å². The van der Waals surface area contributed by atoms with Crippen LogP contribution < -0.4 is 0 Å². The van der Waals surface area contributed by atoms with Crippen LogP contribution in [0.15, 0.2) is 482 Å². The van der Waals surface area contributed by atoms with Gasteiger partial charge in [0.25, 0.3) is 0 Å². The third-order valence-corrected chi connectivity index (χ3v) is 27.1. The van der Waals surface area contributed by atoms with Gasteiger partial charge >= 0.3 is 0 Å². The zero-order valence-electron chi connectivity index (χ0n) is 74.3. The van der Waals surface area contributed by atoms with Crippen molar-refractivity contribution in [2.45, 2.75) is 0 Å². The Morgan fingerprint density at radius 2 is 0.355 bits per heavy atom. The molecule has 0 atom stereocenters. The molecular formula is C126H78N10O2. The Labute approximate surface area is 791 Å². The number of hydrogen-bond donors (Lipinski definition) is 0. The van der Waals surface area contributed by atoms with Crippen molar-refractivity contribution in [3.63, 3.8) is 0 Å². The van der Waals surface area contributed by atoms with Gasteiger partial charge < -0.3 is 27.1 Å². The number of para-hydroxylation sites is 6. The van der Waals surface area contributed by atoms with Crippen LogP contribution in [0.1, 0.15) is 0 Å². The van der Waals surface area contributed by atoms with Crippen molar-refractivity contribution in [1.82, 2.24) is 48.2 Å². The maximum atomic E-state index is 7.32. The highest BCUT2D eigenvalue weighted by molar-refractivity contribution is 6.28. The standard InChI is InChI=1S/2C63H39N5O/c1-4-17-40(18-5-1)42-21-14-23-44(37-42)61-64-62(45-24-15-22-43(38-45)41-19-6-2-7-20-41)66-63(65-61)46-25-16-28-48(39-46)68-56-32-13-11-30-50(56)52-34-36-54-53-35-33-51-49-29-10-12-31-55(49)67(47-26-8-3-9-27-47)57(51)59(53)69-60(54)58(52)68;1-4-18-40(19-5-1)42-22-16-23-43(38-42)61-64-62(66-63(65-61)54-31-11-10-28-47(54)41-20-6-2-7-21-41)44-24-17-27-46(39-44)68-56-33-15-13-30-49(56)51-35-37-53-52-36-34-50-48-29-12-14-32-55(48)67(45-25-8-3-9-26-45)57(50)59(52)69-60(53)58(51)68/h2*1-39H. The Balaban J connectivity index is 0.000000139. The Morgan fingerprint density at radius 3 is 0.674 bits per heavy atom. The van der Waals surface area contributed by atoms with Crippen molar-refractivity contribution in [2.75, 3.05) is 0 Å². The van der Waals surface area contributed by atoms with E-state index in [1.807, 2.05) is 24.3 Å². The van der Waals surface area contributed by atoms with E-state index in [-0.39, 0.29) is 0 Å². The molecule has 0 saturated heterocycles. The van der Waals surface area contributed by atoms with Crippen molar-refractivity contribution in [3.05, 3.63) is 473 Å². The maximum Gasteiger partial charge on any atom is 0.164 e. The SMILES string of the molecule is c1ccc(-c2cccc(-c3nc(-c4cccc(-c5ccccc5)c4)nc(-c4cccc(-n5c6ccccc6c6ccc7c8ccc9c%10ccccc%10n(-c%10ccccc%10)c9c8oc7c65)c4)n3)c2)cc1.c1ccc(-c2cccc(-c3nc(-c4cccc(-n5c6ccccc6c6ccc7c8ccc9c%10ccccc%10n(-c%10ccccc%10)c9c8oc7c65)c4)nc(-c4ccccc4-c4ccccc4)n3)c2)cc1. The molecule has 0 spiro atoms. The zero-order chi connectivity index (χ0) is 90.8. The number of hydrogen-bond acceptors (Lipinski definition) is 8. The summed E-state index contributed by atoms with van der Waals surface area (Å²) in [5.41, 5.74) is 30.2. The summed E-state index contributed by atoms with van der Waals surface area (Å²) in [5.74, 6) is 3.56. The van der Waals surface area contributed by atoms with Gasteiger partial charge in [0, 0.05) is 121 Å². The molecule has 644 valence electrons. The third kappa shape index (κ3) is 13.2. The monoisotopic (exact) mass is 1760 g/mol. The summed E-state index contributed by atoms with van der Waals surface area (Å²) in [6.07, 6.45) is 0. The van der Waals surface area contributed by atoms with E-state index in [1.54, 1.807) is 0 Å². The van der Waals surface area contributed by atoms with Gasteiger partial charge in [-0.3, -0.25) is 0 Å². The van der Waals surface area contributed by atoms with E-state index in [0.717, 1.165) is 221 Å². The summed E-state index contributed by atoms with van der Waals surface area (Å²) in [4.78, 5) is 31.6. The molecule has 0 aliphatic heterocycles. The maximum absolute atomic E-state index is 7.32. The molecule has 0 aliphatic rings. The van der Waals surface area contributed by atoms with Crippen molar-refractivity contribution in [2.24, 2.45) is 0 Å². The smallest absolute Gasteiger partial charge is 0.164 e. The van der Waals surface area contributed by atoms with E-state index in [2.05, 4.69) is 467 Å². The molecule has 0 fully saturated rings. The number of rotatable bonds is 14. The van der Waals surface area contributed by atoms with Crippen LogP contribution in [0.25, 0.3) is 267 Å². The van der Waals surface area contributed by atoms with E-state index in [4.69, 9.17) is 38.7 Å². The molecule has 8 heterocycles. The fraction of sp³-hybridized carbons (Fsp3) is 0. The molecule has 0 unspecified atom stereocenters. The second-order valence-corrected chi connectivity index (χ2v) is 35.1. The van der Waals surface area contributed by atoms with Crippen LogP contribution in [0.5, 0.6) is 0 Å². The Bertz CT molecular complexity index is 9620. The summed E-state index contributed by atoms with van der Waals surface area (Å²) < 4.78 is 24.0. The number of benzene rings is 20. The molecule has 28 aromatic rings. The first-order valence-corrected chi connectivity index (χ1v) is 46.5. The van der Waals surface area contributed by atoms with Gasteiger partial charge in [-0.2, -0.15) is 0 Å². The van der Waals surface area contributed by atoms with Gasteiger partial charge in [-0.05, 0) is 160 Å². The first-order chi connectivity index (χ1) is 68.4. The van der Waals surface area contributed by atoms with Gasteiger partial charge in [0.1, 0.15) is 0 Å². The summed E-state index contributed by atoms with van der Waals surface area (Å²) in [6.45, 7) is 0. The van der Waals surface area contributed by atoms with Crippen LogP contribution in [0, 0.1) is 0 Å². The minimum atomic E-state index is 0.579. The molecule has 0 aliphatic carbocycles. The molecule has 12 nitrogen and oxygen atoms in total. The molecule has 138 heavy (non-hydrogen) atoms. The molecule has 28 rings (SSSR count). The molecule has 20 aromatic carbocycles. The quantitative estimate of drug-likeness (QED) is 0.105. The topological polar surface area (TPSA) is 123 Å². The molecule has 12 heteroatoms. The van der Waals surface area contributed by atoms with Crippen LogP contribution in [-0.2, 0) is 0 Å². The van der Waals surface area contributed by atoms with E-state index in [0.29, 0.717) is 34.9 Å². The van der Waals surface area contributed by atoms with Crippen molar-refractivity contribution in [3.8, 4) is 136 Å².